The first-order valence-corrected chi connectivity index (χ1v) is 13.2. The molecule has 0 spiro atoms. The van der Waals surface area contributed by atoms with Crippen LogP contribution >= 0.6 is 11.3 Å². The van der Waals surface area contributed by atoms with E-state index in [4.69, 9.17) is 0 Å². The molecule has 2 heterocycles. The summed E-state index contributed by atoms with van der Waals surface area (Å²) >= 11 is 1.70. The number of hydrogen-bond acceptors (Lipinski definition) is 4. The quantitative estimate of drug-likeness (QED) is 0.348. The predicted octanol–water partition coefficient (Wildman–Crippen LogP) is 5.38. The average Bonchev–Trinajstić information content (AvgIpc) is 3.07. The Balaban J connectivity index is 1.85. The molecule has 27 heavy (non-hydrogen) atoms. The topological polar surface area (TPSA) is 42.9 Å². The molecule has 134 valence electrons. The van der Waals surface area contributed by atoms with Crippen LogP contribution in [0.5, 0.6) is 0 Å². The Hall–Kier alpha value is -2.63. The molecular formula is C22H20N2OSSi. The summed E-state index contributed by atoms with van der Waals surface area (Å²) in [5, 5.41) is 1.45. The van der Waals surface area contributed by atoms with Gasteiger partial charge in [0.15, 0.2) is 0 Å². The van der Waals surface area contributed by atoms with E-state index in [0.29, 0.717) is 5.56 Å². The molecular weight excluding hydrogens is 368 g/mol. The van der Waals surface area contributed by atoms with Crippen LogP contribution in [0.15, 0.2) is 60.9 Å². The number of nitrogens with zero attached hydrogens (tertiary/aromatic N) is 2. The van der Waals surface area contributed by atoms with Gasteiger partial charge in [0, 0.05) is 18.0 Å². The third-order valence-electron chi connectivity index (χ3n) is 4.65. The number of aromatic nitrogens is 2. The Morgan fingerprint density at radius 2 is 1.26 bits per heavy atom. The molecule has 0 saturated carbocycles. The summed E-state index contributed by atoms with van der Waals surface area (Å²) in [6.07, 6.45) is 4.34. The maximum absolute atomic E-state index is 10.9. The first-order chi connectivity index (χ1) is 13.0. The zero-order valence-corrected chi connectivity index (χ0v) is 17.4. The van der Waals surface area contributed by atoms with Crippen LogP contribution in [0.3, 0.4) is 0 Å². The fraction of sp³-hybridized carbons (Fsp3) is 0.136. The molecule has 0 aliphatic carbocycles. The second kappa shape index (κ2) is 6.83. The molecule has 3 nitrogen and oxygen atoms in total. The van der Waals surface area contributed by atoms with Crippen molar-refractivity contribution < 1.29 is 4.79 Å². The highest BCUT2D eigenvalue weighted by Gasteiger charge is 2.19. The van der Waals surface area contributed by atoms with Crippen molar-refractivity contribution in [2.45, 2.75) is 19.6 Å². The van der Waals surface area contributed by atoms with E-state index in [0.717, 1.165) is 32.6 Å². The van der Waals surface area contributed by atoms with Gasteiger partial charge in [-0.1, -0.05) is 73.4 Å². The van der Waals surface area contributed by atoms with E-state index in [9.17, 15) is 4.79 Å². The monoisotopic (exact) mass is 388 g/mol. The van der Waals surface area contributed by atoms with Gasteiger partial charge in [0.1, 0.15) is 17.3 Å². The molecule has 0 aliphatic heterocycles. The summed E-state index contributed by atoms with van der Waals surface area (Å²) < 4.78 is 0. The highest BCUT2D eigenvalue weighted by molar-refractivity contribution is 7.20. The normalized spacial score (nSPS) is 11.7. The van der Waals surface area contributed by atoms with E-state index in [1.807, 2.05) is 24.3 Å². The first-order valence-electron chi connectivity index (χ1n) is 8.87. The average molecular weight is 389 g/mol. The molecule has 0 radical (unpaired) electrons. The van der Waals surface area contributed by atoms with E-state index in [1.165, 1.54) is 10.8 Å². The molecule has 2 aromatic carbocycles. The molecule has 0 bridgehead atoms. The van der Waals surface area contributed by atoms with Crippen molar-refractivity contribution in [3.8, 4) is 20.9 Å². The Bertz CT molecular complexity index is 1110. The van der Waals surface area contributed by atoms with Crippen molar-refractivity contribution in [2.75, 3.05) is 0 Å². The number of benzene rings is 2. The van der Waals surface area contributed by atoms with Gasteiger partial charge < -0.3 is 0 Å². The second-order valence-corrected chi connectivity index (χ2v) is 13.7. The molecule has 0 N–H and O–H groups in total. The van der Waals surface area contributed by atoms with Crippen LogP contribution in [0.25, 0.3) is 31.9 Å². The van der Waals surface area contributed by atoms with Crippen LogP contribution in [0.4, 0.5) is 0 Å². The third kappa shape index (κ3) is 3.36. The van der Waals surface area contributed by atoms with Gasteiger partial charge in [0.05, 0.1) is 17.8 Å². The highest BCUT2D eigenvalue weighted by atomic mass is 32.1. The Labute approximate surface area is 163 Å². The van der Waals surface area contributed by atoms with Crippen molar-refractivity contribution in [1.29, 1.82) is 0 Å². The lowest BCUT2D eigenvalue weighted by molar-refractivity contribution is 0.112. The fourth-order valence-electron chi connectivity index (χ4n) is 3.10. The molecule has 0 unspecified atom stereocenters. The van der Waals surface area contributed by atoms with Crippen LogP contribution in [0, 0.1) is 0 Å². The first kappa shape index (κ1) is 17.8. The van der Waals surface area contributed by atoms with E-state index in [-0.39, 0.29) is 0 Å². The van der Waals surface area contributed by atoms with Crippen LogP contribution in [-0.2, 0) is 0 Å². The van der Waals surface area contributed by atoms with E-state index in [2.05, 4.69) is 53.9 Å². The van der Waals surface area contributed by atoms with Crippen LogP contribution in [0.1, 0.15) is 10.4 Å². The van der Waals surface area contributed by atoms with Gasteiger partial charge in [-0.2, -0.15) is 0 Å². The van der Waals surface area contributed by atoms with Crippen molar-refractivity contribution in [3.63, 3.8) is 0 Å². The molecule has 0 atom stereocenters. The van der Waals surface area contributed by atoms with E-state index >= 15 is 0 Å². The molecule has 0 saturated heterocycles. The Morgan fingerprint density at radius 3 is 1.70 bits per heavy atom. The fourth-order valence-corrected chi connectivity index (χ4v) is 5.47. The number of thiophene rings is 1. The lowest BCUT2D eigenvalue weighted by Gasteiger charge is -2.16. The number of fused-ring (bicyclic) bond motifs is 1. The minimum Gasteiger partial charge on any atom is -0.298 e. The van der Waals surface area contributed by atoms with Gasteiger partial charge in [-0.3, -0.25) is 14.8 Å². The van der Waals surface area contributed by atoms with Crippen molar-refractivity contribution >= 4 is 41.9 Å². The van der Waals surface area contributed by atoms with Crippen molar-refractivity contribution in [3.05, 3.63) is 66.5 Å². The lowest BCUT2D eigenvalue weighted by atomic mass is 10.1. The molecule has 0 fully saturated rings. The SMILES string of the molecule is C[Si](C)(C)c1ccc(-c2sc(-c3ccc(C=O)cc3)c3nccnc23)cc1. The van der Waals surface area contributed by atoms with Gasteiger partial charge in [-0.15, -0.1) is 11.3 Å². The van der Waals surface area contributed by atoms with Crippen LogP contribution < -0.4 is 5.19 Å². The molecule has 0 amide bonds. The maximum atomic E-state index is 10.9. The molecule has 4 aromatic rings. The van der Waals surface area contributed by atoms with Gasteiger partial charge in [-0.25, -0.2) is 0 Å². The van der Waals surface area contributed by atoms with Crippen molar-refractivity contribution in [2.24, 2.45) is 0 Å². The molecule has 2 aromatic heterocycles. The standard InChI is InChI=1S/C22H20N2OSSi/c1-27(2,3)18-10-8-17(9-11-18)22-20-19(23-12-13-24-20)21(26-22)16-6-4-15(14-25)5-7-16/h4-14H,1-3H3. The zero-order valence-electron chi connectivity index (χ0n) is 15.6. The summed E-state index contributed by atoms with van der Waals surface area (Å²) in [7, 11) is -1.32. The number of hydrogen-bond donors (Lipinski definition) is 0. The Kier molecular flexibility index (Phi) is 4.49. The Morgan fingerprint density at radius 1 is 0.778 bits per heavy atom. The maximum Gasteiger partial charge on any atom is 0.150 e. The van der Waals surface area contributed by atoms with Gasteiger partial charge in [0.25, 0.3) is 0 Å². The number of aldehydes is 1. The van der Waals surface area contributed by atoms with E-state index < -0.39 is 8.07 Å². The molecule has 4 rings (SSSR count). The van der Waals surface area contributed by atoms with Crippen LogP contribution in [0.2, 0.25) is 19.6 Å². The largest absolute Gasteiger partial charge is 0.298 e. The summed E-state index contributed by atoms with van der Waals surface area (Å²) in [5.74, 6) is 0. The van der Waals surface area contributed by atoms with Crippen LogP contribution in [-0.4, -0.2) is 24.3 Å². The molecule has 5 heteroatoms. The third-order valence-corrected chi connectivity index (χ3v) is 7.99. The van der Waals surface area contributed by atoms with Gasteiger partial charge in [0.2, 0.25) is 0 Å². The lowest BCUT2D eigenvalue weighted by Crippen LogP contribution is -2.37. The van der Waals surface area contributed by atoms with E-state index in [1.54, 1.807) is 23.7 Å². The summed E-state index contributed by atoms with van der Waals surface area (Å²) in [6.45, 7) is 7.07. The number of rotatable bonds is 4. The zero-order chi connectivity index (χ0) is 19.0. The van der Waals surface area contributed by atoms with Crippen molar-refractivity contribution in [1.82, 2.24) is 9.97 Å². The number of carbonyl (C=O) groups excluding carboxylic acids is 1. The summed E-state index contributed by atoms with van der Waals surface area (Å²) in [5.41, 5.74) is 4.74. The number of carbonyl (C=O) groups is 1. The second-order valence-electron chi connectivity index (χ2n) is 7.58. The summed E-state index contributed by atoms with van der Waals surface area (Å²) in [4.78, 5) is 22.4. The minimum absolute atomic E-state index is 0.674. The van der Waals surface area contributed by atoms with Gasteiger partial charge >= 0.3 is 0 Å². The van der Waals surface area contributed by atoms with Gasteiger partial charge in [-0.05, 0) is 11.1 Å². The molecule has 0 aliphatic rings. The smallest absolute Gasteiger partial charge is 0.150 e. The predicted molar refractivity (Wildman–Crippen MR) is 117 cm³/mol. The highest BCUT2D eigenvalue weighted by Crippen LogP contribution is 2.41. The summed E-state index contributed by atoms with van der Waals surface area (Å²) in [6, 6.07) is 16.5. The minimum atomic E-state index is -1.32.